The molecule has 2 heterocycles. The molecule has 0 spiro atoms. The van der Waals surface area contributed by atoms with Crippen LogP contribution >= 0.6 is 0 Å². The molecule has 1 atom stereocenters. The van der Waals surface area contributed by atoms with E-state index in [2.05, 4.69) is 0 Å². The van der Waals surface area contributed by atoms with Gasteiger partial charge in [0.15, 0.2) is 0 Å². The number of likely N-dealkylation sites (tertiary alicyclic amines) is 1. The van der Waals surface area contributed by atoms with Gasteiger partial charge in [-0.25, -0.2) is 8.78 Å². The minimum Gasteiger partial charge on any atom is -0.366 e. The van der Waals surface area contributed by atoms with Gasteiger partial charge < -0.3 is 14.7 Å². The molecule has 2 fully saturated rings. The van der Waals surface area contributed by atoms with Crippen molar-refractivity contribution < 1.29 is 18.4 Å². The number of hydrogen-bond donors (Lipinski definition) is 0. The molecule has 7 heteroatoms. The molecule has 2 aliphatic heterocycles. The average Bonchev–Trinajstić information content (AvgIpc) is 3.10. The van der Waals surface area contributed by atoms with E-state index in [0.717, 1.165) is 5.56 Å². The zero-order chi connectivity index (χ0) is 20.4. The van der Waals surface area contributed by atoms with E-state index in [0.29, 0.717) is 45.0 Å². The van der Waals surface area contributed by atoms with Crippen LogP contribution in [0.25, 0.3) is 0 Å². The average molecular weight is 399 g/mol. The molecule has 2 aromatic carbocycles. The monoisotopic (exact) mass is 399 g/mol. The number of hydrogen-bond acceptors (Lipinski definition) is 3. The quantitative estimate of drug-likeness (QED) is 0.794. The van der Waals surface area contributed by atoms with Gasteiger partial charge in [-0.2, -0.15) is 0 Å². The van der Waals surface area contributed by atoms with Crippen LogP contribution in [-0.4, -0.2) is 54.3 Å². The Hall–Kier alpha value is -2.96. The van der Waals surface area contributed by atoms with Crippen LogP contribution in [0.4, 0.5) is 14.5 Å². The predicted octanol–water partition coefficient (Wildman–Crippen LogP) is 2.66. The Balaban J connectivity index is 1.33. The molecular weight excluding hydrogens is 376 g/mol. The van der Waals surface area contributed by atoms with E-state index in [1.54, 1.807) is 40.1 Å². The van der Waals surface area contributed by atoms with Crippen LogP contribution in [0.5, 0.6) is 0 Å². The zero-order valence-corrected chi connectivity index (χ0v) is 16.1. The number of carbonyl (C=O) groups excluding carboxylic acids is 2. The molecule has 29 heavy (non-hydrogen) atoms. The van der Waals surface area contributed by atoms with Gasteiger partial charge >= 0.3 is 0 Å². The Morgan fingerprint density at radius 1 is 0.966 bits per heavy atom. The van der Waals surface area contributed by atoms with Crippen molar-refractivity contribution in [2.24, 2.45) is 5.92 Å². The van der Waals surface area contributed by atoms with E-state index in [1.807, 2.05) is 4.90 Å². The number of rotatable bonds is 4. The summed E-state index contributed by atoms with van der Waals surface area (Å²) in [7, 11) is 0. The third kappa shape index (κ3) is 4.23. The van der Waals surface area contributed by atoms with E-state index in [4.69, 9.17) is 0 Å². The predicted molar refractivity (Wildman–Crippen MR) is 105 cm³/mol. The molecule has 0 aromatic heterocycles. The molecule has 2 aliphatic rings. The maximum absolute atomic E-state index is 14.0. The van der Waals surface area contributed by atoms with Crippen molar-refractivity contribution in [3.63, 3.8) is 0 Å². The Kier molecular flexibility index (Phi) is 5.47. The van der Waals surface area contributed by atoms with Gasteiger partial charge in [-0.3, -0.25) is 9.59 Å². The summed E-state index contributed by atoms with van der Waals surface area (Å²) < 4.78 is 27.0. The summed E-state index contributed by atoms with van der Waals surface area (Å²) in [5, 5.41) is 0. The van der Waals surface area contributed by atoms with Crippen molar-refractivity contribution in [2.75, 3.05) is 37.6 Å². The van der Waals surface area contributed by atoms with Crippen molar-refractivity contribution in [1.29, 1.82) is 0 Å². The first kappa shape index (κ1) is 19.4. The largest absolute Gasteiger partial charge is 0.366 e. The summed E-state index contributed by atoms with van der Waals surface area (Å²) in [5.74, 6) is -1.01. The van der Waals surface area contributed by atoms with Gasteiger partial charge in [0, 0.05) is 45.7 Å². The molecule has 4 rings (SSSR count). The van der Waals surface area contributed by atoms with Gasteiger partial charge in [0.1, 0.15) is 11.6 Å². The first-order chi connectivity index (χ1) is 14.0. The topological polar surface area (TPSA) is 43.9 Å². The standard InChI is InChI=1S/C22H23F2N3O2/c23-18-7-5-16(6-8-18)14-27-15-17(13-21(27)28)22(29)26-11-9-25(10-12-26)20-4-2-1-3-19(20)24/h1-8,17H,9-15H2/t17-/m1/s1. The maximum Gasteiger partial charge on any atom is 0.228 e. The fourth-order valence-electron chi connectivity index (χ4n) is 4.03. The molecule has 2 saturated heterocycles. The molecule has 0 saturated carbocycles. The molecule has 0 unspecified atom stereocenters. The summed E-state index contributed by atoms with van der Waals surface area (Å²) in [5.41, 5.74) is 1.40. The van der Waals surface area contributed by atoms with Crippen LogP contribution in [0.15, 0.2) is 48.5 Å². The summed E-state index contributed by atoms with van der Waals surface area (Å²) in [6.45, 7) is 2.90. The normalized spacial score (nSPS) is 19.7. The Bertz CT molecular complexity index is 895. The SMILES string of the molecule is O=C1C[C@@H](C(=O)N2CCN(c3ccccc3F)CC2)CN1Cc1ccc(F)cc1. The van der Waals surface area contributed by atoms with Crippen molar-refractivity contribution in [3.8, 4) is 0 Å². The third-order valence-corrected chi connectivity index (χ3v) is 5.63. The second-order valence-corrected chi connectivity index (χ2v) is 7.57. The van der Waals surface area contributed by atoms with Crippen molar-refractivity contribution >= 4 is 17.5 Å². The van der Waals surface area contributed by atoms with Crippen LogP contribution in [0.3, 0.4) is 0 Å². The molecule has 0 N–H and O–H groups in total. The van der Waals surface area contributed by atoms with Crippen LogP contribution in [-0.2, 0) is 16.1 Å². The van der Waals surface area contributed by atoms with Crippen LogP contribution in [0.1, 0.15) is 12.0 Å². The molecule has 2 aromatic rings. The highest BCUT2D eigenvalue weighted by Gasteiger charge is 2.37. The van der Waals surface area contributed by atoms with E-state index in [-0.39, 0.29) is 35.8 Å². The maximum atomic E-state index is 14.0. The number of benzene rings is 2. The minimum atomic E-state index is -0.358. The number of amides is 2. The van der Waals surface area contributed by atoms with Crippen LogP contribution in [0.2, 0.25) is 0 Å². The summed E-state index contributed by atoms with van der Waals surface area (Å²) in [6, 6.07) is 12.7. The summed E-state index contributed by atoms with van der Waals surface area (Å²) >= 11 is 0. The third-order valence-electron chi connectivity index (χ3n) is 5.63. The first-order valence-electron chi connectivity index (χ1n) is 9.82. The van der Waals surface area contributed by atoms with Gasteiger partial charge in [-0.05, 0) is 29.8 Å². The first-order valence-corrected chi connectivity index (χ1v) is 9.82. The van der Waals surface area contributed by atoms with E-state index in [1.165, 1.54) is 18.2 Å². The Morgan fingerprint density at radius 3 is 2.34 bits per heavy atom. The number of piperazine rings is 1. The second-order valence-electron chi connectivity index (χ2n) is 7.57. The molecular formula is C22H23F2N3O2. The molecule has 152 valence electrons. The van der Waals surface area contributed by atoms with Crippen molar-refractivity contribution in [2.45, 2.75) is 13.0 Å². The Morgan fingerprint density at radius 2 is 1.66 bits per heavy atom. The number of carbonyl (C=O) groups is 2. The van der Waals surface area contributed by atoms with Crippen LogP contribution < -0.4 is 4.90 Å². The fourth-order valence-corrected chi connectivity index (χ4v) is 4.03. The lowest BCUT2D eigenvalue weighted by atomic mass is 10.1. The highest BCUT2D eigenvalue weighted by atomic mass is 19.1. The lowest BCUT2D eigenvalue weighted by Gasteiger charge is -2.37. The number of anilines is 1. The van der Waals surface area contributed by atoms with E-state index >= 15 is 0 Å². The lowest BCUT2D eigenvalue weighted by molar-refractivity contribution is -0.136. The number of para-hydroxylation sites is 1. The molecule has 0 aliphatic carbocycles. The van der Waals surface area contributed by atoms with E-state index in [9.17, 15) is 18.4 Å². The van der Waals surface area contributed by atoms with Gasteiger partial charge in [-0.1, -0.05) is 24.3 Å². The highest BCUT2D eigenvalue weighted by Crippen LogP contribution is 2.25. The number of halogens is 2. The molecule has 0 radical (unpaired) electrons. The van der Waals surface area contributed by atoms with E-state index < -0.39 is 0 Å². The van der Waals surface area contributed by atoms with Gasteiger partial charge in [0.25, 0.3) is 0 Å². The zero-order valence-electron chi connectivity index (χ0n) is 16.1. The lowest BCUT2D eigenvalue weighted by Crippen LogP contribution is -2.50. The number of nitrogens with zero attached hydrogens (tertiary/aromatic N) is 3. The van der Waals surface area contributed by atoms with Gasteiger partial charge in [0.2, 0.25) is 11.8 Å². The second kappa shape index (κ2) is 8.19. The fraction of sp³-hybridized carbons (Fsp3) is 0.364. The minimum absolute atomic E-state index is 0.0202. The van der Waals surface area contributed by atoms with Gasteiger partial charge in [-0.15, -0.1) is 0 Å². The molecule has 2 amide bonds. The summed E-state index contributed by atoms with van der Waals surface area (Å²) in [4.78, 5) is 30.6. The van der Waals surface area contributed by atoms with Gasteiger partial charge in [0.05, 0.1) is 11.6 Å². The smallest absolute Gasteiger partial charge is 0.228 e. The van der Waals surface area contributed by atoms with Crippen LogP contribution in [0, 0.1) is 17.6 Å². The molecule has 0 bridgehead atoms. The Labute approximate surface area is 168 Å². The highest BCUT2D eigenvalue weighted by molar-refractivity contribution is 5.89. The van der Waals surface area contributed by atoms with Crippen molar-refractivity contribution in [1.82, 2.24) is 9.80 Å². The molecule has 5 nitrogen and oxygen atoms in total. The van der Waals surface area contributed by atoms with Crippen molar-refractivity contribution in [3.05, 3.63) is 65.7 Å². The summed E-state index contributed by atoms with van der Waals surface area (Å²) in [6.07, 6.45) is 0.202.